The van der Waals surface area contributed by atoms with Crippen molar-refractivity contribution in [2.45, 2.75) is 51.4 Å². The summed E-state index contributed by atoms with van der Waals surface area (Å²) in [6.45, 7) is 4.05. The summed E-state index contributed by atoms with van der Waals surface area (Å²) in [4.78, 5) is 34.5. The third-order valence-electron chi connectivity index (χ3n) is 7.07. The molecule has 1 saturated carbocycles. The number of pyridine rings is 1. The maximum atomic E-state index is 14.3. The van der Waals surface area contributed by atoms with E-state index in [-0.39, 0.29) is 6.54 Å². The molecule has 0 radical (unpaired) electrons. The van der Waals surface area contributed by atoms with Crippen molar-refractivity contribution in [3.05, 3.63) is 47.5 Å². The average molecular weight is 511 g/mol. The number of nitrogens with zero attached hydrogens (tertiary/aromatic N) is 2. The van der Waals surface area contributed by atoms with Gasteiger partial charge in [-0.2, -0.15) is 0 Å². The third kappa shape index (κ3) is 5.17. The van der Waals surface area contributed by atoms with Gasteiger partial charge in [0.25, 0.3) is 11.8 Å². The highest BCUT2D eigenvalue weighted by Crippen LogP contribution is 2.38. The van der Waals surface area contributed by atoms with E-state index in [0.717, 1.165) is 12.8 Å². The number of H-pyrrole nitrogens is 1. The summed E-state index contributed by atoms with van der Waals surface area (Å²) in [7, 11) is 0. The number of likely N-dealkylation sites (tertiary alicyclic amines) is 1. The van der Waals surface area contributed by atoms with Crippen LogP contribution in [-0.4, -0.2) is 74.8 Å². The molecule has 0 unspecified atom stereocenters. The number of hydrogen-bond donors (Lipinski definition) is 4. The van der Waals surface area contributed by atoms with Crippen molar-refractivity contribution in [1.29, 1.82) is 0 Å². The highest BCUT2D eigenvalue weighted by molar-refractivity contribution is 6.09. The van der Waals surface area contributed by atoms with Crippen LogP contribution in [0.2, 0.25) is 0 Å². The molecule has 1 aliphatic carbocycles. The number of amides is 2. The van der Waals surface area contributed by atoms with Gasteiger partial charge in [-0.15, -0.1) is 0 Å². The van der Waals surface area contributed by atoms with Gasteiger partial charge in [0.2, 0.25) is 0 Å². The first kappa shape index (κ1) is 25.2. The van der Waals surface area contributed by atoms with Crippen LogP contribution in [0.15, 0.2) is 30.5 Å². The van der Waals surface area contributed by atoms with Crippen LogP contribution >= 0.6 is 0 Å². The Bertz CT molecular complexity index is 1340. The second-order valence-corrected chi connectivity index (χ2v) is 10.00. The number of aryl methyl sites for hydroxylation is 1. The lowest BCUT2D eigenvalue weighted by Crippen LogP contribution is -2.56. The van der Waals surface area contributed by atoms with E-state index in [1.807, 2.05) is 0 Å². The fourth-order valence-electron chi connectivity index (χ4n) is 4.84. The first-order chi connectivity index (χ1) is 17.7. The minimum Gasteiger partial charge on any atom is -0.493 e. The molecule has 10 heteroatoms. The molecule has 3 atom stereocenters. The number of carbonyl (C=O) groups excluding carboxylic acids is 2. The Hall–Kier alpha value is -3.50. The summed E-state index contributed by atoms with van der Waals surface area (Å²) < 4.78 is 20.3. The number of aromatic amines is 1. The molecule has 9 nitrogen and oxygen atoms in total. The van der Waals surface area contributed by atoms with Crippen LogP contribution in [-0.2, 0) is 4.79 Å². The molecule has 2 fully saturated rings. The summed E-state index contributed by atoms with van der Waals surface area (Å²) in [5.41, 5.74) is 3.18. The molecule has 2 amide bonds. The zero-order chi connectivity index (χ0) is 26.3. The Kier molecular flexibility index (Phi) is 6.87. The van der Waals surface area contributed by atoms with Gasteiger partial charge in [-0.25, -0.2) is 4.39 Å². The number of aliphatic hydroxyl groups excluding tert-OH is 2. The lowest BCUT2D eigenvalue weighted by atomic mass is 10.00. The summed E-state index contributed by atoms with van der Waals surface area (Å²) in [5, 5.41) is 23.0. The number of ether oxygens (including phenoxy) is 1. The Labute approximate surface area is 213 Å². The van der Waals surface area contributed by atoms with Crippen molar-refractivity contribution in [3.8, 4) is 16.9 Å². The summed E-state index contributed by atoms with van der Waals surface area (Å²) in [5.74, 6) is -0.149. The minimum atomic E-state index is -1.15. The van der Waals surface area contributed by atoms with Crippen LogP contribution in [0.3, 0.4) is 0 Å². The number of piperidine rings is 1. The van der Waals surface area contributed by atoms with E-state index >= 15 is 0 Å². The topological polar surface area (TPSA) is 128 Å². The molecule has 196 valence electrons. The van der Waals surface area contributed by atoms with E-state index < -0.39 is 35.9 Å². The van der Waals surface area contributed by atoms with Crippen LogP contribution in [0.4, 0.5) is 4.39 Å². The monoisotopic (exact) mass is 510 g/mol. The largest absolute Gasteiger partial charge is 0.493 e. The molecule has 5 rings (SSSR count). The number of aliphatic hydroxyl groups is 2. The maximum absolute atomic E-state index is 14.3. The highest BCUT2D eigenvalue weighted by Gasteiger charge is 2.33. The fourth-order valence-corrected chi connectivity index (χ4v) is 4.84. The second-order valence-electron chi connectivity index (χ2n) is 10.00. The number of carbonyl (C=O) groups is 2. The van der Waals surface area contributed by atoms with E-state index in [1.54, 1.807) is 25.3 Å². The van der Waals surface area contributed by atoms with Gasteiger partial charge in [0.05, 0.1) is 29.8 Å². The van der Waals surface area contributed by atoms with E-state index in [1.165, 1.54) is 24.0 Å². The number of nitrogens with one attached hydrogen (secondary N) is 2. The lowest BCUT2D eigenvalue weighted by molar-refractivity contribution is -0.142. The standard InChI is InChI=1S/C27H31FN4O5/c1-14-23(26(35)31-20-8-10-32(12-21(20)34)27(36)15(2)33)25-24(30-14)18(7-9-29-25)19-11-17(28)5-6-22(19)37-13-16-3-4-16/h5-7,9,11,15-16,20-21,30,33-34H,3-4,8,10,12-13H2,1-2H3,(H,31,35)/t15-,20+,21+/m0/s1. The molecule has 1 saturated heterocycles. The molecule has 2 aromatic heterocycles. The van der Waals surface area contributed by atoms with Gasteiger partial charge >= 0.3 is 0 Å². The van der Waals surface area contributed by atoms with E-state index in [9.17, 15) is 24.2 Å². The number of hydrogen-bond acceptors (Lipinski definition) is 6. The van der Waals surface area contributed by atoms with Crippen LogP contribution < -0.4 is 10.1 Å². The SMILES string of the molecule is Cc1[nH]c2c(-c3cc(F)ccc3OCC3CC3)ccnc2c1C(=O)N[C@@H]1CCN(C(=O)[C@H](C)O)C[C@H]1O. The Morgan fingerprint density at radius 2 is 2.05 bits per heavy atom. The van der Waals surface area contributed by atoms with Crippen molar-refractivity contribution >= 4 is 22.8 Å². The Morgan fingerprint density at radius 1 is 1.27 bits per heavy atom. The summed E-state index contributed by atoms with van der Waals surface area (Å²) in [6, 6.07) is 5.61. The summed E-state index contributed by atoms with van der Waals surface area (Å²) >= 11 is 0. The number of benzene rings is 1. The maximum Gasteiger partial charge on any atom is 0.255 e. The third-order valence-corrected chi connectivity index (χ3v) is 7.07. The summed E-state index contributed by atoms with van der Waals surface area (Å²) in [6.07, 6.45) is 2.06. The first-order valence-corrected chi connectivity index (χ1v) is 12.6. The quantitative estimate of drug-likeness (QED) is 0.387. The molecule has 2 aliphatic rings. The van der Waals surface area contributed by atoms with Crippen LogP contribution in [0, 0.1) is 18.7 Å². The molecule has 0 spiro atoms. The van der Waals surface area contributed by atoms with Gasteiger partial charge in [0.1, 0.15) is 23.2 Å². The zero-order valence-electron chi connectivity index (χ0n) is 20.8. The van der Waals surface area contributed by atoms with Gasteiger partial charge in [0, 0.05) is 36.1 Å². The molecule has 1 aliphatic heterocycles. The van der Waals surface area contributed by atoms with Gasteiger partial charge in [-0.1, -0.05) is 0 Å². The highest BCUT2D eigenvalue weighted by atomic mass is 19.1. The molecule has 37 heavy (non-hydrogen) atoms. The smallest absolute Gasteiger partial charge is 0.255 e. The van der Waals surface area contributed by atoms with Gasteiger partial charge in [-0.05, 0) is 63.3 Å². The molecular weight excluding hydrogens is 479 g/mol. The molecule has 1 aromatic carbocycles. The van der Waals surface area contributed by atoms with Crippen molar-refractivity contribution in [3.63, 3.8) is 0 Å². The van der Waals surface area contributed by atoms with Crippen molar-refractivity contribution in [2.24, 2.45) is 5.92 Å². The first-order valence-electron chi connectivity index (χ1n) is 12.6. The van der Waals surface area contributed by atoms with Crippen LogP contribution in [0.5, 0.6) is 5.75 Å². The van der Waals surface area contributed by atoms with E-state index in [2.05, 4.69) is 15.3 Å². The van der Waals surface area contributed by atoms with Gasteiger partial charge in [-0.3, -0.25) is 14.6 Å². The Balaban J connectivity index is 1.41. The van der Waals surface area contributed by atoms with Crippen LogP contribution in [0.25, 0.3) is 22.2 Å². The number of fused-ring (bicyclic) bond motifs is 1. The van der Waals surface area contributed by atoms with Gasteiger partial charge < -0.3 is 30.2 Å². The molecule has 3 heterocycles. The predicted molar refractivity (Wildman–Crippen MR) is 135 cm³/mol. The molecule has 4 N–H and O–H groups in total. The molecule has 0 bridgehead atoms. The normalized spacial score (nSPS) is 20.6. The van der Waals surface area contributed by atoms with Crippen molar-refractivity contribution < 1.29 is 28.9 Å². The van der Waals surface area contributed by atoms with Crippen molar-refractivity contribution in [2.75, 3.05) is 19.7 Å². The molecule has 3 aromatic rings. The number of halogens is 1. The van der Waals surface area contributed by atoms with Gasteiger partial charge in [0.15, 0.2) is 0 Å². The average Bonchev–Trinajstić information content (AvgIpc) is 3.63. The number of rotatable bonds is 7. The van der Waals surface area contributed by atoms with Crippen molar-refractivity contribution in [1.82, 2.24) is 20.2 Å². The van der Waals surface area contributed by atoms with E-state index in [0.29, 0.717) is 64.7 Å². The number of β-amino-alcohol motifs (C(OH)–C–C–N with tert-alkyl or cyclic N) is 1. The minimum absolute atomic E-state index is 0.0210. The predicted octanol–water partition coefficient (Wildman–Crippen LogP) is 2.54. The molecular formula is C27H31FN4O5. The van der Waals surface area contributed by atoms with Crippen LogP contribution in [0.1, 0.15) is 42.2 Å². The fraction of sp³-hybridized carbons (Fsp3) is 0.444. The lowest BCUT2D eigenvalue weighted by Gasteiger charge is -2.36. The van der Waals surface area contributed by atoms with E-state index in [4.69, 9.17) is 4.74 Å². The Morgan fingerprint density at radius 3 is 2.76 bits per heavy atom. The second kappa shape index (κ2) is 10.1. The zero-order valence-corrected chi connectivity index (χ0v) is 20.8. The number of aromatic nitrogens is 2.